The lowest BCUT2D eigenvalue weighted by Crippen LogP contribution is -2.46. The second-order valence-corrected chi connectivity index (χ2v) is 5.95. The maximum atomic E-state index is 12.4. The molecule has 24 heavy (non-hydrogen) atoms. The number of rotatable bonds is 4. The minimum atomic E-state index is -0.533. The second-order valence-electron chi connectivity index (χ2n) is 5.95. The van der Waals surface area contributed by atoms with E-state index in [1.54, 1.807) is 31.3 Å². The molecular weight excluding hydrogens is 308 g/mol. The molecule has 1 amide bonds. The predicted molar refractivity (Wildman–Crippen MR) is 92.5 cm³/mol. The number of pyridine rings is 1. The molecule has 3 N–H and O–H groups in total. The Morgan fingerprint density at radius 1 is 1.29 bits per heavy atom. The molecule has 2 aromatic rings. The van der Waals surface area contributed by atoms with Gasteiger partial charge in [-0.2, -0.15) is 0 Å². The van der Waals surface area contributed by atoms with Crippen LogP contribution in [0.2, 0.25) is 0 Å². The molecule has 7 heteroatoms. The van der Waals surface area contributed by atoms with Crippen molar-refractivity contribution >= 4 is 16.8 Å². The molecular formula is C17H22N4O3. The lowest BCUT2D eigenvalue weighted by atomic mass is 10.1. The number of carbonyl (C=O) groups is 1. The van der Waals surface area contributed by atoms with E-state index in [9.17, 15) is 14.7 Å². The van der Waals surface area contributed by atoms with Crippen LogP contribution in [0.25, 0.3) is 10.9 Å². The molecule has 0 aliphatic carbocycles. The zero-order valence-corrected chi connectivity index (χ0v) is 13.7. The number of aromatic nitrogens is 1. The Hall–Kier alpha value is -2.38. The van der Waals surface area contributed by atoms with Gasteiger partial charge in [-0.3, -0.25) is 14.5 Å². The van der Waals surface area contributed by atoms with Crippen molar-refractivity contribution in [3.05, 3.63) is 40.2 Å². The quantitative estimate of drug-likeness (QED) is 0.728. The summed E-state index contributed by atoms with van der Waals surface area (Å²) in [6, 6.07) is 6.98. The standard InChI is InChI=1S/C17H22N4O3/c1-20-13-5-3-2-4-12(13)15(22)14(17(20)24)16(23)19-8-11-21-9-6-18-7-10-21/h2-5,18,22H,6-11H2,1H3,(H,19,23). The Labute approximate surface area is 139 Å². The number of amides is 1. The van der Waals surface area contributed by atoms with Crippen LogP contribution in [0.3, 0.4) is 0 Å². The topological polar surface area (TPSA) is 86.6 Å². The minimum absolute atomic E-state index is 0.198. The van der Waals surface area contributed by atoms with Crippen LogP contribution in [-0.2, 0) is 7.05 Å². The third kappa shape index (κ3) is 3.13. The van der Waals surface area contributed by atoms with Gasteiger partial charge in [0.2, 0.25) is 0 Å². The molecule has 1 aliphatic rings. The molecule has 0 bridgehead atoms. The fourth-order valence-electron chi connectivity index (χ4n) is 3.03. The third-order valence-electron chi connectivity index (χ3n) is 4.43. The smallest absolute Gasteiger partial charge is 0.267 e. The van der Waals surface area contributed by atoms with Gasteiger partial charge >= 0.3 is 0 Å². The number of fused-ring (bicyclic) bond motifs is 1. The van der Waals surface area contributed by atoms with Gasteiger partial charge in [-0.15, -0.1) is 0 Å². The van der Waals surface area contributed by atoms with Gasteiger partial charge in [-0.05, 0) is 12.1 Å². The predicted octanol–water partition coefficient (Wildman–Crippen LogP) is -0.121. The van der Waals surface area contributed by atoms with Gasteiger partial charge in [-0.25, -0.2) is 0 Å². The van der Waals surface area contributed by atoms with Crippen molar-refractivity contribution in [2.24, 2.45) is 7.05 Å². The van der Waals surface area contributed by atoms with Crippen molar-refractivity contribution in [1.29, 1.82) is 0 Å². The van der Waals surface area contributed by atoms with Crippen LogP contribution in [0.15, 0.2) is 29.1 Å². The SMILES string of the molecule is Cn1c(=O)c(C(=O)NCCN2CCNCC2)c(O)c2ccccc21. The van der Waals surface area contributed by atoms with Gasteiger partial charge in [0, 0.05) is 51.7 Å². The van der Waals surface area contributed by atoms with E-state index in [2.05, 4.69) is 15.5 Å². The first-order valence-electron chi connectivity index (χ1n) is 8.11. The first-order valence-corrected chi connectivity index (χ1v) is 8.11. The summed E-state index contributed by atoms with van der Waals surface area (Å²) < 4.78 is 1.39. The van der Waals surface area contributed by atoms with E-state index in [4.69, 9.17) is 0 Å². The van der Waals surface area contributed by atoms with Crippen LogP contribution in [0.5, 0.6) is 5.75 Å². The van der Waals surface area contributed by atoms with E-state index in [-0.39, 0.29) is 11.3 Å². The third-order valence-corrected chi connectivity index (χ3v) is 4.43. The van der Waals surface area contributed by atoms with E-state index in [0.29, 0.717) is 17.4 Å². The van der Waals surface area contributed by atoms with Gasteiger partial charge in [-0.1, -0.05) is 12.1 Å². The lowest BCUT2D eigenvalue weighted by molar-refractivity contribution is 0.0943. The number of nitrogens with zero attached hydrogens (tertiary/aromatic N) is 2. The van der Waals surface area contributed by atoms with Crippen LogP contribution in [0.4, 0.5) is 0 Å². The lowest BCUT2D eigenvalue weighted by Gasteiger charge is -2.27. The number of aromatic hydroxyl groups is 1. The second kappa shape index (κ2) is 7.02. The summed E-state index contributed by atoms with van der Waals surface area (Å²) in [7, 11) is 1.60. The Morgan fingerprint density at radius 3 is 2.75 bits per heavy atom. The first-order chi connectivity index (χ1) is 11.6. The number of piperazine rings is 1. The van der Waals surface area contributed by atoms with Crippen molar-refractivity contribution < 1.29 is 9.90 Å². The average molecular weight is 330 g/mol. The van der Waals surface area contributed by atoms with Gasteiger partial charge in [0.05, 0.1) is 5.52 Å². The molecule has 1 aromatic carbocycles. The van der Waals surface area contributed by atoms with Crippen LogP contribution in [-0.4, -0.2) is 59.7 Å². The summed E-state index contributed by atoms with van der Waals surface area (Å²) in [5.74, 6) is -0.789. The van der Waals surface area contributed by atoms with Crippen LogP contribution >= 0.6 is 0 Å². The number of benzene rings is 1. The molecule has 2 heterocycles. The molecule has 0 spiro atoms. The highest BCUT2D eigenvalue weighted by Crippen LogP contribution is 2.25. The molecule has 128 valence electrons. The number of hydrogen-bond donors (Lipinski definition) is 3. The number of para-hydroxylation sites is 1. The molecule has 1 fully saturated rings. The number of carbonyl (C=O) groups excluding carboxylic acids is 1. The summed E-state index contributed by atoms with van der Waals surface area (Å²) in [6.07, 6.45) is 0. The van der Waals surface area contributed by atoms with Crippen molar-refractivity contribution in [2.75, 3.05) is 39.3 Å². The summed E-state index contributed by atoms with van der Waals surface area (Å²) in [5, 5.41) is 16.9. The van der Waals surface area contributed by atoms with Gasteiger partial charge in [0.15, 0.2) is 0 Å². The maximum absolute atomic E-state index is 12.4. The molecule has 0 radical (unpaired) electrons. The van der Waals surface area contributed by atoms with E-state index < -0.39 is 11.5 Å². The van der Waals surface area contributed by atoms with Crippen molar-refractivity contribution in [1.82, 2.24) is 20.1 Å². The Bertz CT molecular complexity index is 809. The van der Waals surface area contributed by atoms with Crippen molar-refractivity contribution in [3.63, 3.8) is 0 Å². The van der Waals surface area contributed by atoms with Crippen LogP contribution in [0.1, 0.15) is 10.4 Å². The number of nitrogens with one attached hydrogen (secondary N) is 2. The van der Waals surface area contributed by atoms with E-state index in [1.165, 1.54) is 4.57 Å². The molecule has 0 unspecified atom stereocenters. The zero-order chi connectivity index (χ0) is 17.1. The van der Waals surface area contributed by atoms with Crippen LogP contribution < -0.4 is 16.2 Å². The Morgan fingerprint density at radius 2 is 2.00 bits per heavy atom. The molecule has 3 rings (SSSR count). The first kappa shape index (κ1) is 16.5. The molecule has 0 saturated carbocycles. The molecule has 1 saturated heterocycles. The summed E-state index contributed by atoms with van der Waals surface area (Å²) in [5.41, 5.74) is -0.0975. The fraction of sp³-hybridized carbons (Fsp3) is 0.412. The van der Waals surface area contributed by atoms with Crippen molar-refractivity contribution in [2.45, 2.75) is 0 Å². The number of aryl methyl sites for hydroxylation is 1. The molecule has 7 nitrogen and oxygen atoms in total. The van der Waals surface area contributed by atoms with Gasteiger partial charge in [0.1, 0.15) is 11.3 Å². The molecule has 1 aliphatic heterocycles. The normalized spacial score (nSPS) is 15.5. The minimum Gasteiger partial charge on any atom is -0.506 e. The van der Waals surface area contributed by atoms with Crippen LogP contribution in [0, 0.1) is 0 Å². The Balaban J connectivity index is 1.78. The molecule has 0 atom stereocenters. The highest BCUT2D eigenvalue weighted by atomic mass is 16.3. The highest BCUT2D eigenvalue weighted by Gasteiger charge is 2.21. The highest BCUT2D eigenvalue weighted by molar-refractivity contribution is 6.02. The fourth-order valence-corrected chi connectivity index (χ4v) is 3.03. The van der Waals surface area contributed by atoms with Gasteiger partial charge < -0.3 is 20.3 Å². The van der Waals surface area contributed by atoms with E-state index in [0.717, 1.165) is 32.7 Å². The van der Waals surface area contributed by atoms with E-state index >= 15 is 0 Å². The summed E-state index contributed by atoms with van der Waals surface area (Å²) in [6.45, 7) is 4.94. The Kier molecular flexibility index (Phi) is 4.82. The van der Waals surface area contributed by atoms with Crippen molar-refractivity contribution in [3.8, 4) is 5.75 Å². The number of hydrogen-bond acceptors (Lipinski definition) is 5. The summed E-state index contributed by atoms with van der Waals surface area (Å²) >= 11 is 0. The maximum Gasteiger partial charge on any atom is 0.267 e. The zero-order valence-electron chi connectivity index (χ0n) is 13.7. The van der Waals surface area contributed by atoms with Gasteiger partial charge in [0.25, 0.3) is 11.5 Å². The van der Waals surface area contributed by atoms with E-state index in [1.807, 2.05) is 0 Å². The average Bonchev–Trinajstić information content (AvgIpc) is 2.61. The summed E-state index contributed by atoms with van der Waals surface area (Å²) in [4.78, 5) is 27.1. The monoisotopic (exact) mass is 330 g/mol. The molecule has 1 aromatic heterocycles. The largest absolute Gasteiger partial charge is 0.506 e.